The standard InChI is InChI=1S/C19H20ClN3O2/c20-16-5-3-4-15(12-16)13-21-8-10-22(11-9-21)14-23-17-6-1-2-7-18(17)25-19(23)24/h1-7,12H,8-11,13-14H2. The number of piperazine rings is 1. The van der Waals surface area contributed by atoms with Crippen LogP contribution in [0, 0.1) is 0 Å². The minimum atomic E-state index is -0.289. The Bertz CT molecular complexity index is 926. The summed E-state index contributed by atoms with van der Waals surface area (Å²) in [6, 6.07) is 15.6. The number of fused-ring (bicyclic) bond motifs is 1. The zero-order valence-corrected chi connectivity index (χ0v) is 14.7. The second-order valence-electron chi connectivity index (χ2n) is 6.43. The van der Waals surface area contributed by atoms with Crippen molar-refractivity contribution in [2.45, 2.75) is 13.2 Å². The summed E-state index contributed by atoms with van der Waals surface area (Å²) in [6.45, 7) is 5.26. The van der Waals surface area contributed by atoms with Gasteiger partial charge in [0.1, 0.15) is 0 Å². The van der Waals surface area contributed by atoms with Crippen LogP contribution in [-0.4, -0.2) is 40.5 Å². The first-order chi connectivity index (χ1) is 12.2. The molecular weight excluding hydrogens is 338 g/mol. The molecule has 1 aliphatic heterocycles. The number of halogens is 1. The van der Waals surface area contributed by atoms with E-state index in [4.69, 9.17) is 16.0 Å². The van der Waals surface area contributed by atoms with Crippen molar-refractivity contribution in [1.82, 2.24) is 14.4 Å². The minimum Gasteiger partial charge on any atom is -0.408 e. The maximum absolute atomic E-state index is 12.1. The lowest BCUT2D eigenvalue weighted by Crippen LogP contribution is -2.47. The lowest BCUT2D eigenvalue weighted by molar-refractivity contribution is 0.102. The van der Waals surface area contributed by atoms with Gasteiger partial charge in [-0.3, -0.25) is 14.4 Å². The van der Waals surface area contributed by atoms with Gasteiger partial charge in [0, 0.05) is 37.7 Å². The number of oxazole rings is 1. The highest BCUT2D eigenvalue weighted by atomic mass is 35.5. The van der Waals surface area contributed by atoms with Crippen molar-refractivity contribution >= 4 is 22.7 Å². The van der Waals surface area contributed by atoms with Crippen LogP contribution in [0.2, 0.25) is 5.02 Å². The minimum absolute atomic E-state index is 0.289. The van der Waals surface area contributed by atoms with E-state index in [1.807, 2.05) is 42.5 Å². The summed E-state index contributed by atoms with van der Waals surface area (Å²) in [4.78, 5) is 16.8. The summed E-state index contributed by atoms with van der Waals surface area (Å²) < 4.78 is 7.02. The zero-order chi connectivity index (χ0) is 17.2. The van der Waals surface area contributed by atoms with Crippen molar-refractivity contribution in [1.29, 1.82) is 0 Å². The topological polar surface area (TPSA) is 41.6 Å². The highest BCUT2D eigenvalue weighted by molar-refractivity contribution is 6.30. The van der Waals surface area contributed by atoms with Crippen molar-refractivity contribution in [3.63, 3.8) is 0 Å². The van der Waals surface area contributed by atoms with E-state index in [9.17, 15) is 4.79 Å². The van der Waals surface area contributed by atoms with Crippen LogP contribution in [-0.2, 0) is 13.2 Å². The Morgan fingerprint density at radius 2 is 1.72 bits per heavy atom. The third kappa shape index (κ3) is 3.63. The number of rotatable bonds is 4. The fourth-order valence-corrected chi connectivity index (χ4v) is 3.54. The molecule has 0 aliphatic carbocycles. The number of hydrogen-bond acceptors (Lipinski definition) is 4. The van der Waals surface area contributed by atoms with Gasteiger partial charge in [0.25, 0.3) is 0 Å². The normalized spacial score (nSPS) is 16.5. The highest BCUT2D eigenvalue weighted by Gasteiger charge is 2.19. The van der Waals surface area contributed by atoms with Gasteiger partial charge >= 0.3 is 5.76 Å². The molecule has 3 aromatic rings. The maximum Gasteiger partial charge on any atom is 0.421 e. The molecule has 1 aliphatic rings. The first-order valence-electron chi connectivity index (χ1n) is 8.46. The monoisotopic (exact) mass is 357 g/mol. The van der Waals surface area contributed by atoms with Gasteiger partial charge in [0.15, 0.2) is 5.58 Å². The van der Waals surface area contributed by atoms with Crippen molar-refractivity contribution in [3.05, 3.63) is 69.7 Å². The number of para-hydroxylation sites is 2. The molecule has 130 valence electrons. The summed E-state index contributed by atoms with van der Waals surface area (Å²) in [5.74, 6) is -0.289. The first kappa shape index (κ1) is 16.4. The van der Waals surface area contributed by atoms with Crippen LogP contribution in [0.1, 0.15) is 5.56 Å². The Morgan fingerprint density at radius 1 is 0.960 bits per heavy atom. The molecule has 2 heterocycles. The summed E-state index contributed by atoms with van der Waals surface area (Å²) in [5, 5.41) is 0.780. The van der Waals surface area contributed by atoms with E-state index in [1.165, 1.54) is 5.56 Å². The highest BCUT2D eigenvalue weighted by Crippen LogP contribution is 2.15. The predicted octanol–water partition coefficient (Wildman–Crippen LogP) is 3.02. The van der Waals surface area contributed by atoms with E-state index >= 15 is 0 Å². The van der Waals surface area contributed by atoms with Crippen molar-refractivity contribution in [2.24, 2.45) is 0 Å². The molecule has 0 saturated carbocycles. The van der Waals surface area contributed by atoms with Gasteiger partial charge in [-0.05, 0) is 29.8 Å². The second-order valence-corrected chi connectivity index (χ2v) is 6.87. The molecule has 1 fully saturated rings. The van der Waals surface area contributed by atoms with Gasteiger partial charge in [-0.25, -0.2) is 4.79 Å². The molecule has 25 heavy (non-hydrogen) atoms. The van der Waals surface area contributed by atoms with E-state index in [0.717, 1.165) is 43.3 Å². The van der Waals surface area contributed by atoms with E-state index in [0.29, 0.717) is 12.3 Å². The Balaban J connectivity index is 1.39. The molecular formula is C19H20ClN3O2. The van der Waals surface area contributed by atoms with E-state index in [1.54, 1.807) is 4.57 Å². The molecule has 0 unspecified atom stereocenters. The molecule has 2 aromatic carbocycles. The van der Waals surface area contributed by atoms with E-state index in [-0.39, 0.29) is 5.76 Å². The Morgan fingerprint density at radius 3 is 2.52 bits per heavy atom. The van der Waals surface area contributed by atoms with Crippen molar-refractivity contribution in [3.8, 4) is 0 Å². The summed E-state index contributed by atoms with van der Waals surface area (Å²) in [6.07, 6.45) is 0. The zero-order valence-electron chi connectivity index (χ0n) is 13.9. The molecule has 1 saturated heterocycles. The third-order valence-electron chi connectivity index (χ3n) is 4.68. The van der Waals surface area contributed by atoms with Gasteiger partial charge in [-0.2, -0.15) is 0 Å². The van der Waals surface area contributed by atoms with Gasteiger partial charge in [-0.1, -0.05) is 35.9 Å². The predicted molar refractivity (Wildman–Crippen MR) is 98.8 cm³/mol. The molecule has 6 heteroatoms. The van der Waals surface area contributed by atoms with Gasteiger partial charge in [0.05, 0.1) is 12.2 Å². The van der Waals surface area contributed by atoms with E-state index in [2.05, 4.69) is 15.9 Å². The average Bonchev–Trinajstić information content (AvgIpc) is 2.92. The molecule has 5 nitrogen and oxygen atoms in total. The van der Waals surface area contributed by atoms with Crippen LogP contribution in [0.5, 0.6) is 0 Å². The van der Waals surface area contributed by atoms with Crippen LogP contribution < -0.4 is 5.76 Å². The summed E-state index contributed by atoms with van der Waals surface area (Å²) in [7, 11) is 0. The molecule has 0 atom stereocenters. The summed E-state index contributed by atoms with van der Waals surface area (Å²) in [5.41, 5.74) is 2.74. The van der Waals surface area contributed by atoms with Gasteiger partial charge in [0.2, 0.25) is 0 Å². The van der Waals surface area contributed by atoms with Crippen LogP contribution in [0.25, 0.3) is 11.1 Å². The number of hydrogen-bond donors (Lipinski definition) is 0. The lowest BCUT2D eigenvalue weighted by Gasteiger charge is -2.34. The summed E-state index contributed by atoms with van der Waals surface area (Å²) >= 11 is 6.06. The molecule has 1 aromatic heterocycles. The number of benzene rings is 2. The van der Waals surface area contributed by atoms with Crippen molar-refractivity contribution in [2.75, 3.05) is 26.2 Å². The fraction of sp³-hybridized carbons (Fsp3) is 0.316. The Kier molecular flexibility index (Phi) is 4.61. The van der Waals surface area contributed by atoms with Crippen LogP contribution >= 0.6 is 11.6 Å². The Hall–Kier alpha value is -2.08. The molecule has 0 radical (unpaired) electrons. The van der Waals surface area contributed by atoms with Crippen LogP contribution in [0.4, 0.5) is 0 Å². The quantitative estimate of drug-likeness (QED) is 0.719. The van der Waals surface area contributed by atoms with Gasteiger partial charge in [-0.15, -0.1) is 0 Å². The lowest BCUT2D eigenvalue weighted by atomic mass is 10.2. The molecule has 4 rings (SSSR count). The number of nitrogens with zero attached hydrogens (tertiary/aromatic N) is 3. The van der Waals surface area contributed by atoms with Crippen molar-refractivity contribution < 1.29 is 4.42 Å². The molecule has 0 bridgehead atoms. The van der Waals surface area contributed by atoms with Crippen LogP contribution in [0.15, 0.2) is 57.7 Å². The fourth-order valence-electron chi connectivity index (χ4n) is 3.33. The third-order valence-corrected chi connectivity index (χ3v) is 4.91. The smallest absolute Gasteiger partial charge is 0.408 e. The SMILES string of the molecule is O=c1oc2ccccc2n1CN1CCN(Cc2cccc(Cl)c2)CC1. The Labute approximate surface area is 151 Å². The molecule has 0 N–H and O–H groups in total. The average molecular weight is 358 g/mol. The second kappa shape index (κ2) is 7.04. The van der Waals surface area contributed by atoms with Gasteiger partial charge < -0.3 is 4.42 Å². The number of aromatic nitrogens is 1. The van der Waals surface area contributed by atoms with E-state index < -0.39 is 0 Å². The molecule has 0 spiro atoms. The first-order valence-corrected chi connectivity index (χ1v) is 8.84. The van der Waals surface area contributed by atoms with Crippen LogP contribution in [0.3, 0.4) is 0 Å². The molecule has 0 amide bonds. The largest absolute Gasteiger partial charge is 0.421 e. The maximum atomic E-state index is 12.1.